The van der Waals surface area contributed by atoms with Gasteiger partial charge in [0.25, 0.3) is 0 Å². The lowest BCUT2D eigenvalue weighted by Crippen LogP contribution is -2.30. The van der Waals surface area contributed by atoms with E-state index in [0.717, 1.165) is 13.0 Å². The minimum atomic E-state index is -0.422. The number of ether oxygens (including phenoxy) is 1. The zero-order chi connectivity index (χ0) is 14.4. The van der Waals surface area contributed by atoms with E-state index in [1.807, 2.05) is 11.9 Å². The van der Waals surface area contributed by atoms with Crippen LogP contribution >= 0.6 is 0 Å². The van der Waals surface area contributed by atoms with E-state index in [2.05, 4.69) is 13.8 Å². The number of hydrogen-bond acceptors (Lipinski definition) is 3. The Hall–Kier alpha value is -1.42. The number of nitrogens with zero attached hydrogens (tertiary/aromatic N) is 1. The van der Waals surface area contributed by atoms with Gasteiger partial charge in [0.15, 0.2) is 5.78 Å². The summed E-state index contributed by atoms with van der Waals surface area (Å²) >= 11 is 0. The molecule has 0 radical (unpaired) electrons. The molecule has 0 aliphatic rings. The van der Waals surface area contributed by atoms with Gasteiger partial charge in [-0.2, -0.15) is 0 Å². The summed E-state index contributed by atoms with van der Waals surface area (Å²) in [6.45, 7) is 5.38. The fraction of sp³-hybridized carbons (Fsp3) is 0.533. The van der Waals surface area contributed by atoms with E-state index in [9.17, 15) is 9.18 Å². The van der Waals surface area contributed by atoms with Crippen LogP contribution in [0.5, 0.6) is 5.75 Å². The molecule has 0 bridgehead atoms. The van der Waals surface area contributed by atoms with Crippen LogP contribution in [0.3, 0.4) is 0 Å². The Morgan fingerprint density at radius 1 is 1.47 bits per heavy atom. The van der Waals surface area contributed by atoms with Gasteiger partial charge in [-0.05, 0) is 31.2 Å². The number of ketones is 1. The SMILES string of the molecule is CCC(C)CN(C)CC(=O)c1cc(F)ccc1OC. The number of hydrogen-bond donors (Lipinski definition) is 0. The van der Waals surface area contributed by atoms with E-state index in [1.165, 1.54) is 25.3 Å². The summed E-state index contributed by atoms with van der Waals surface area (Å²) < 4.78 is 18.3. The van der Waals surface area contributed by atoms with Crippen LogP contribution in [0.25, 0.3) is 0 Å². The third-order valence-electron chi connectivity index (χ3n) is 3.20. The number of carbonyl (C=O) groups excluding carboxylic acids is 1. The maximum absolute atomic E-state index is 13.2. The first-order valence-electron chi connectivity index (χ1n) is 6.53. The molecule has 0 aliphatic heterocycles. The normalized spacial score (nSPS) is 12.5. The van der Waals surface area contributed by atoms with Gasteiger partial charge >= 0.3 is 0 Å². The van der Waals surface area contributed by atoms with Crippen LogP contribution in [-0.4, -0.2) is 37.9 Å². The number of rotatable bonds is 7. The van der Waals surface area contributed by atoms with Crippen LogP contribution in [0.15, 0.2) is 18.2 Å². The van der Waals surface area contributed by atoms with Crippen molar-refractivity contribution in [3.8, 4) is 5.75 Å². The van der Waals surface area contributed by atoms with Crippen molar-refractivity contribution in [1.82, 2.24) is 4.90 Å². The molecule has 0 fully saturated rings. The Labute approximate surface area is 114 Å². The maximum atomic E-state index is 13.2. The maximum Gasteiger partial charge on any atom is 0.180 e. The van der Waals surface area contributed by atoms with Crippen molar-refractivity contribution in [2.75, 3.05) is 27.2 Å². The molecular weight excluding hydrogens is 245 g/mol. The van der Waals surface area contributed by atoms with Crippen LogP contribution in [0, 0.1) is 11.7 Å². The molecule has 1 atom stereocenters. The summed E-state index contributed by atoms with van der Waals surface area (Å²) in [5, 5.41) is 0. The molecule has 1 aromatic carbocycles. The van der Waals surface area contributed by atoms with Crippen molar-refractivity contribution >= 4 is 5.78 Å². The molecule has 0 amide bonds. The summed E-state index contributed by atoms with van der Waals surface area (Å²) in [5.41, 5.74) is 0.304. The van der Waals surface area contributed by atoms with E-state index in [1.54, 1.807) is 0 Å². The number of benzene rings is 1. The van der Waals surface area contributed by atoms with Crippen LogP contribution in [0.1, 0.15) is 30.6 Å². The number of methoxy groups -OCH3 is 1. The van der Waals surface area contributed by atoms with E-state index in [-0.39, 0.29) is 12.3 Å². The second-order valence-corrected chi connectivity index (χ2v) is 4.98. The minimum absolute atomic E-state index is 0.123. The number of likely N-dealkylation sites (N-methyl/N-ethyl adjacent to an activating group) is 1. The molecule has 4 heteroatoms. The molecule has 0 saturated heterocycles. The zero-order valence-corrected chi connectivity index (χ0v) is 12.1. The van der Waals surface area contributed by atoms with Crippen molar-refractivity contribution in [2.24, 2.45) is 5.92 Å². The van der Waals surface area contributed by atoms with E-state index in [4.69, 9.17) is 4.74 Å². The topological polar surface area (TPSA) is 29.5 Å². The van der Waals surface area contributed by atoms with Gasteiger partial charge in [0.1, 0.15) is 11.6 Å². The Bertz CT molecular complexity index is 434. The van der Waals surface area contributed by atoms with Gasteiger partial charge in [0, 0.05) is 6.54 Å². The fourth-order valence-corrected chi connectivity index (χ4v) is 1.95. The number of Topliss-reactive ketones (excluding diaryl/α,β-unsaturated/α-hetero) is 1. The predicted octanol–water partition coefficient (Wildman–Crippen LogP) is 2.99. The average Bonchev–Trinajstić information content (AvgIpc) is 2.38. The summed E-state index contributed by atoms with van der Waals surface area (Å²) in [6, 6.07) is 4.01. The van der Waals surface area contributed by atoms with Gasteiger partial charge in [-0.3, -0.25) is 9.69 Å². The van der Waals surface area contributed by atoms with Gasteiger partial charge in [0.05, 0.1) is 19.2 Å². The molecule has 0 N–H and O–H groups in total. The van der Waals surface area contributed by atoms with E-state index < -0.39 is 5.82 Å². The molecule has 0 heterocycles. The first kappa shape index (κ1) is 15.6. The summed E-state index contributed by atoms with van der Waals surface area (Å²) in [4.78, 5) is 14.1. The second-order valence-electron chi connectivity index (χ2n) is 4.98. The van der Waals surface area contributed by atoms with Crippen molar-refractivity contribution < 1.29 is 13.9 Å². The van der Waals surface area contributed by atoms with Crippen LogP contribution in [0.2, 0.25) is 0 Å². The largest absolute Gasteiger partial charge is 0.496 e. The standard InChI is InChI=1S/C15H22FNO2/c1-5-11(2)9-17(3)10-14(18)13-8-12(16)6-7-15(13)19-4/h6-8,11H,5,9-10H2,1-4H3. The van der Waals surface area contributed by atoms with Crippen molar-refractivity contribution in [3.05, 3.63) is 29.6 Å². The molecule has 1 aromatic rings. The molecule has 0 aliphatic carbocycles. The van der Waals surface area contributed by atoms with Gasteiger partial charge in [-0.15, -0.1) is 0 Å². The molecular formula is C15H22FNO2. The molecule has 0 saturated carbocycles. The molecule has 106 valence electrons. The lowest BCUT2D eigenvalue weighted by molar-refractivity contribution is 0.0935. The lowest BCUT2D eigenvalue weighted by atomic mass is 10.1. The fourth-order valence-electron chi connectivity index (χ4n) is 1.95. The average molecular weight is 267 g/mol. The molecule has 0 spiro atoms. The Morgan fingerprint density at radius 3 is 2.74 bits per heavy atom. The summed E-state index contributed by atoms with van der Waals surface area (Å²) in [5.74, 6) is 0.409. The van der Waals surface area contributed by atoms with Gasteiger partial charge < -0.3 is 4.74 Å². The first-order valence-corrected chi connectivity index (χ1v) is 6.53. The highest BCUT2D eigenvalue weighted by Crippen LogP contribution is 2.20. The third kappa shape index (κ3) is 4.63. The highest BCUT2D eigenvalue weighted by Gasteiger charge is 2.16. The molecule has 0 aromatic heterocycles. The third-order valence-corrected chi connectivity index (χ3v) is 3.20. The summed E-state index contributed by atoms with van der Waals surface area (Å²) in [6.07, 6.45) is 1.07. The van der Waals surface area contributed by atoms with Gasteiger partial charge in [0.2, 0.25) is 0 Å². The van der Waals surface area contributed by atoms with Crippen LogP contribution in [-0.2, 0) is 0 Å². The van der Waals surface area contributed by atoms with Crippen molar-refractivity contribution in [3.63, 3.8) is 0 Å². The minimum Gasteiger partial charge on any atom is -0.496 e. The molecule has 1 unspecified atom stereocenters. The smallest absolute Gasteiger partial charge is 0.180 e. The van der Waals surface area contributed by atoms with E-state index >= 15 is 0 Å². The Balaban J connectivity index is 2.75. The van der Waals surface area contributed by atoms with E-state index in [0.29, 0.717) is 17.2 Å². The highest BCUT2D eigenvalue weighted by atomic mass is 19.1. The zero-order valence-electron chi connectivity index (χ0n) is 12.1. The monoisotopic (exact) mass is 267 g/mol. The second kappa shape index (κ2) is 7.24. The van der Waals surface area contributed by atoms with Crippen molar-refractivity contribution in [2.45, 2.75) is 20.3 Å². The molecule has 3 nitrogen and oxygen atoms in total. The van der Waals surface area contributed by atoms with Crippen LogP contribution < -0.4 is 4.74 Å². The first-order chi connectivity index (χ1) is 8.97. The molecule has 1 rings (SSSR count). The van der Waals surface area contributed by atoms with Gasteiger partial charge in [-0.25, -0.2) is 4.39 Å². The Kier molecular flexibility index (Phi) is 5.96. The predicted molar refractivity (Wildman–Crippen MR) is 74.2 cm³/mol. The quantitative estimate of drug-likeness (QED) is 0.711. The van der Waals surface area contributed by atoms with Gasteiger partial charge in [-0.1, -0.05) is 20.3 Å². The Morgan fingerprint density at radius 2 is 2.16 bits per heavy atom. The number of carbonyl (C=O) groups is 1. The lowest BCUT2D eigenvalue weighted by Gasteiger charge is -2.20. The highest BCUT2D eigenvalue weighted by molar-refractivity contribution is 6.00. The summed E-state index contributed by atoms with van der Waals surface area (Å²) in [7, 11) is 3.38. The number of halogens is 1. The molecule has 19 heavy (non-hydrogen) atoms. The van der Waals surface area contributed by atoms with Crippen LogP contribution in [0.4, 0.5) is 4.39 Å². The van der Waals surface area contributed by atoms with Crippen molar-refractivity contribution in [1.29, 1.82) is 0 Å².